The average Bonchev–Trinajstić information content (AvgIpc) is 3.32. The third kappa shape index (κ3) is 4.55. The lowest BCUT2D eigenvalue weighted by molar-refractivity contribution is -0.389. The lowest BCUT2D eigenvalue weighted by Crippen LogP contribution is -2.22. The Morgan fingerprint density at radius 2 is 2.00 bits per heavy atom. The highest BCUT2D eigenvalue weighted by Gasteiger charge is 2.28. The van der Waals surface area contributed by atoms with Gasteiger partial charge in [0.1, 0.15) is 21.9 Å². The first-order valence-corrected chi connectivity index (χ1v) is 11.1. The Hall–Kier alpha value is -3.97. The monoisotopic (exact) mass is 520 g/mol. The number of rotatable bonds is 7. The molecule has 10 nitrogen and oxygen atoms in total. The molecule has 180 valence electrons. The van der Waals surface area contributed by atoms with Gasteiger partial charge in [0, 0.05) is 5.39 Å². The van der Waals surface area contributed by atoms with E-state index >= 15 is 0 Å². The van der Waals surface area contributed by atoms with Crippen LogP contribution >= 0.6 is 22.9 Å². The van der Waals surface area contributed by atoms with Crippen LogP contribution in [-0.2, 0) is 11.3 Å². The van der Waals surface area contributed by atoms with E-state index in [2.05, 4.69) is 15.4 Å². The summed E-state index contributed by atoms with van der Waals surface area (Å²) in [7, 11) is 0. The summed E-state index contributed by atoms with van der Waals surface area (Å²) in [6, 6.07) is 9.73. The third-order valence-corrected chi connectivity index (χ3v) is 6.60. The quantitative estimate of drug-likeness (QED) is 0.266. The van der Waals surface area contributed by atoms with Crippen molar-refractivity contribution in [3.8, 4) is 11.1 Å². The first kappa shape index (κ1) is 24.2. The molecule has 0 fully saturated rings. The van der Waals surface area contributed by atoms with Crippen molar-refractivity contribution < 1.29 is 23.3 Å². The van der Waals surface area contributed by atoms with Crippen molar-refractivity contribution in [3.05, 3.63) is 67.8 Å². The summed E-state index contributed by atoms with van der Waals surface area (Å²) in [4.78, 5) is 39.3. The summed E-state index contributed by atoms with van der Waals surface area (Å²) >= 11 is 6.69. The zero-order valence-electron chi connectivity index (χ0n) is 17.8. The number of anilines is 1. The molecule has 2 amide bonds. The van der Waals surface area contributed by atoms with Crippen molar-refractivity contribution in [2.45, 2.75) is 19.9 Å². The molecule has 0 aliphatic heterocycles. The Morgan fingerprint density at radius 1 is 1.31 bits per heavy atom. The van der Waals surface area contributed by atoms with Gasteiger partial charge in [0.15, 0.2) is 5.02 Å². The minimum Gasteiger partial charge on any atom is -0.365 e. The van der Waals surface area contributed by atoms with Gasteiger partial charge < -0.3 is 21.2 Å². The van der Waals surface area contributed by atoms with E-state index in [1.165, 1.54) is 13.0 Å². The Kier molecular flexibility index (Phi) is 6.45. The van der Waals surface area contributed by atoms with Crippen molar-refractivity contribution in [2.75, 3.05) is 5.32 Å². The van der Waals surface area contributed by atoms with Crippen molar-refractivity contribution >= 4 is 56.5 Å². The first-order chi connectivity index (χ1) is 16.6. The summed E-state index contributed by atoms with van der Waals surface area (Å²) in [5, 5.41) is 17.4. The van der Waals surface area contributed by atoms with E-state index in [0.717, 1.165) is 16.0 Å². The minimum absolute atomic E-state index is 0.0000697. The predicted octanol–water partition coefficient (Wildman–Crippen LogP) is 4.71. The molecule has 0 aliphatic carbocycles. The molecule has 0 saturated carbocycles. The fraction of sp³-hybridized carbons (Fsp3) is 0.143. The van der Waals surface area contributed by atoms with Crippen molar-refractivity contribution in [1.29, 1.82) is 0 Å². The number of halogens is 3. The van der Waals surface area contributed by atoms with Gasteiger partial charge in [-0.2, -0.15) is 4.68 Å². The second-order valence-electron chi connectivity index (χ2n) is 7.30. The number of pyridine rings is 1. The fourth-order valence-electron chi connectivity index (χ4n) is 3.46. The zero-order chi connectivity index (χ0) is 25.4. The summed E-state index contributed by atoms with van der Waals surface area (Å²) in [5.74, 6) is -2.21. The van der Waals surface area contributed by atoms with E-state index in [4.69, 9.17) is 17.3 Å². The van der Waals surface area contributed by atoms with Crippen LogP contribution in [0, 0.1) is 17.0 Å². The molecular weight excluding hydrogens is 506 g/mol. The van der Waals surface area contributed by atoms with Crippen molar-refractivity contribution in [1.82, 2.24) is 14.8 Å². The lowest BCUT2D eigenvalue weighted by atomic mass is 10.0. The number of amides is 2. The summed E-state index contributed by atoms with van der Waals surface area (Å²) < 4.78 is 28.1. The van der Waals surface area contributed by atoms with Gasteiger partial charge in [-0.05, 0) is 29.0 Å². The van der Waals surface area contributed by atoms with Gasteiger partial charge in [-0.25, -0.2) is 13.8 Å². The Morgan fingerprint density at radius 3 is 2.57 bits per heavy atom. The predicted molar refractivity (Wildman–Crippen MR) is 126 cm³/mol. The molecule has 3 heterocycles. The van der Waals surface area contributed by atoms with E-state index in [0.29, 0.717) is 11.1 Å². The number of hydrogen-bond donors (Lipinski definition) is 2. The third-order valence-electron chi connectivity index (χ3n) is 5.06. The van der Waals surface area contributed by atoms with E-state index in [-0.39, 0.29) is 31.5 Å². The maximum atomic E-state index is 13.6. The Bertz CT molecular complexity index is 1490. The van der Waals surface area contributed by atoms with Gasteiger partial charge in [0.2, 0.25) is 5.91 Å². The maximum absolute atomic E-state index is 13.6. The molecule has 35 heavy (non-hydrogen) atoms. The molecule has 0 bridgehead atoms. The van der Waals surface area contributed by atoms with Gasteiger partial charge in [-0.3, -0.25) is 9.59 Å². The van der Waals surface area contributed by atoms with Gasteiger partial charge >= 0.3 is 5.82 Å². The number of thiophene rings is 1. The highest BCUT2D eigenvalue weighted by molar-refractivity contribution is 7.21. The number of nitro groups is 1. The smallest absolute Gasteiger partial charge is 0.365 e. The number of carbonyl (C=O) groups excluding carboxylic acids is 2. The van der Waals surface area contributed by atoms with Crippen molar-refractivity contribution in [3.63, 3.8) is 0 Å². The molecule has 0 saturated heterocycles. The number of alkyl halides is 2. The van der Waals surface area contributed by atoms with Gasteiger partial charge in [-0.15, -0.1) is 11.3 Å². The second-order valence-corrected chi connectivity index (χ2v) is 8.67. The molecule has 0 aliphatic rings. The number of benzene rings is 1. The number of nitrogens with two attached hydrogens (primary N) is 1. The van der Waals surface area contributed by atoms with E-state index in [9.17, 15) is 28.5 Å². The number of carbonyl (C=O) groups is 2. The molecule has 0 unspecified atom stereocenters. The van der Waals surface area contributed by atoms with E-state index in [1.54, 1.807) is 30.3 Å². The van der Waals surface area contributed by atoms with Crippen LogP contribution in [-0.4, -0.2) is 31.5 Å². The normalized spacial score (nSPS) is 11.2. The number of aromatic nitrogens is 3. The molecule has 0 atom stereocenters. The maximum Gasteiger partial charge on any atom is 0.408 e. The van der Waals surface area contributed by atoms with E-state index < -0.39 is 41.2 Å². The number of fused-ring (bicyclic) bond motifs is 1. The second kappa shape index (κ2) is 9.35. The van der Waals surface area contributed by atoms with Gasteiger partial charge in [-0.1, -0.05) is 41.9 Å². The summed E-state index contributed by atoms with van der Waals surface area (Å²) in [5.41, 5.74) is 6.07. The molecule has 3 N–H and O–H groups in total. The number of nitrogens with zero attached hydrogens (tertiary/aromatic N) is 4. The van der Waals surface area contributed by atoms with E-state index in [1.807, 2.05) is 0 Å². The molecule has 0 spiro atoms. The fourth-order valence-corrected chi connectivity index (χ4v) is 4.68. The highest BCUT2D eigenvalue weighted by Crippen LogP contribution is 2.42. The molecule has 14 heteroatoms. The van der Waals surface area contributed by atoms with Crippen LogP contribution in [0.25, 0.3) is 21.3 Å². The zero-order valence-corrected chi connectivity index (χ0v) is 19.4. The lowest BCUT2D eigenvalue weighted by Gasteiger charge is -2.11. The van der Waals surface area contributed by atoms with Crippen LogP contribution in [0.2, 0.25) is 5.02 Å². The summed E-state index contributed by atoms with van der Waals surface area (Å²) in [6.45, 7) is 0.978. The molecule has 0 radical (unpaired) electrons. The molecule has 4 aromatic rings. The largest absolute Gasteiger partial charge is 0.408 e. The van der Waals surface area contributed by atoms with Crippen LogP contribution in [0.15, 0.2) is 36.4 Å². The number of nitrogens with one attached hydrogen (secondary N) is 1. The standard InChI is InChI=1S/C21H15ClF2N6O4S/c1-9-15(22)20(30(33)34)28-29(9)8-13(31)27-16-14-11(10-5-3-2-4-6-10)7-12(18(23)24)26-21(14)35-17(16)19(25)32/h2-7,18H,8H2,1H3,(H2,25,32)(H,27,31). The number of primary amides is 1. The van der Waals surface area contributed by atoms with Gasteiger partial charge in [0.05, 0.1) is 16.5 Å². The van der Waals surface area contributed by atoms with Gasteiger partial charge in [0.25, 0.3) is 12.3 Å². The van der Waals surface area contributed by atoms with Crippen LogP contribution in [0.5, 0.6) is 0 Å². The van der Waals surface area contributed by atoms with Crippen LogP contribution in [0.4, 0.5) is 20.3 Å². The number of hydrogen-bond acceptors (Lipinski definition) is 7. The van der Waals surface area contributed by atoms with Crippen LogP contribution < -0.4 is 11.1 Å². The van der Waals surface area contributed by atoms with Crippen LogP contribution in [0.3, 0.4) is 0 Å². The first-order valence-electron chi connectivity index (χ1n) is 9.86. The van der Waals surface area contributed by atoms with Crippen molar-refractivity contribution in [2.24, 2.45) is 5.73 Å². The minimum atomic E-state index is -2.87. The molecule has 3 aromatic heterocycles. The van der Waals surface area contributed by atoms with Crippen LogP contribution in [0.1, 0.15) is 27.5 Å². The summed E-state index contributed by atoms with van der Waals surface area (Å²) in [6.07, 6.45) is -2.87. The Labute approximate surface area is 204 Å². The Balaban J connectivity index is 1.83. The SMILES string of the molecule is Cc1c(Cl)c([N+](=O)[O-])nn1CC(=O)Nc1c(C(N)=O)sc2nc(C(F)F)cc(-c3ccccc3)c12. The topological polar surface area (TPSA) is 146 Å². The average molecular weight is 521 g/mol. The molecule has 1 aromatic carbocycles. The molecular formula is C21H15ClF2N6O4S. The highest BCUT2D eigenvalue weighted by atomic mass is 35.5. The molecule has 4 rings (SSSR count).